The molecule has 1 aliphatic heterocycles. The number of carbonyl (C=O) groups is 1. The Morgan fingerprint density at radius 2 is 2.00 bits per heavy atom. The Balaban J connectivity index is 1.60. The summed E-state index contributed by atoms with van der Waals surface area (Å²) in [5, 5.41) is 5.88. The van der Waals surface area contributed by atoms with Crippen LogP contribution in [0.25, 0.3) is 10.6 Å². The van der Waals surface area contributed by atoms with E-state index in [-0.39, 0.29) is 23.8 Å². The lowest BCUT2D eigenvalue weighted by molar-refractivity contribution is -0.274. The Morgan fingerprint density at radius 1 is 1.30 bits per heavy atom. The summed E-state index contributed by atoms with van der Waals surface area (Å²) in [5.74, 6) is -0.859. The van der Waals surface area contributed by atoms with E-state index in [0.29, 0.717) is 16.3 Å². The van der Waals surface area contributed by atoms with E-state index in [1.807, 2.05) is 0 Å². The number of aromatic nitrogens is 1. The van der Waals surface area contributed by atoms with Crippen LogP contribution >= 0.6 is 11.3 Å². The van der Waals surface area contributed by atoms with Crippen LogP contribution in [-0.4, -0.2) is 37.5 Å². The van der Waals surface area contributed by atoms with Gasteiger partial charge in [0.05, 0.1) is 23.9 Å². The van der Waals surface area contributed by atoms with Gasteiger partial charge < -0.3 is 10.1 Å². The summed E-state index contributed by atoms with van der Waals surface area (Å²) >= 11 is 1.24. The van der Waals surface area contributed by atoms with Crippen molar-refractivity contribution in [2.75, 3.05) is 5.75 Å². The predicted molar refractivity (Wildman–Crippen MR) is 92.8 cm³/mol. The summed E-state index contributed by atoms with van der Waals surface area (Å²) in [6.07, 6.45) is -3.36. The number of nitrogens with zero attached hydrogens (tertiary/aromatic N) is 1. The van der Waals surface area contributed by atoms with Crippen LogP contribution in [0.4, 0.5) is 13.2 Å². The lowest BCUT2D eigenvalue weighted by Crippen LogP contribution is -2.36. The highest BCUT2D eigenvalue weighted by Crippen LogP contribution is 2.28. The molecule has 0 spiro atoms. The number of sulfone groups is 1. The van der Waals surface area contributed by atoms with Gasteiger partial charge >= 0.3 is 6.36 Å². The second-order valence-corrected chi connectivity index (χ2v) is 8.51. The van der Waals surface area contributed by atoms with Crippen molar-refractivity contribution < 1.29 is 31.1 Å². The number of carbonyl (C=O) groups excluding carboxylic acids is 1. The summed E-state index contributed by atoms with van der Waals surface area (Å²) < 4.78 is 63.0. The molecule has 0 bridgehead atoms. The maximum Gasteiger partial charge on any atom is 0.573 e. The second kappa shape index (κ2) is 7.31. The minimum atomic E-state index is -4.75. The number of nitrogens with one attached hydrogen (secondary N) is 1. The van der Waals surface area contributed by atoms with E-state index < -0.39 is 22.2 Å². The van der Waals surface area contributed by atoms with Crippen LogP contribution in [0.5, 0.6) is 5.75 Å². The third-order valence-electron chi connectivity index (χ3n) is 3.50. The molecule has 0 radical (unpaired) electrons. The number of ether oxygens (including phenoxy) is 1. The predicted octanol–water partition coefficient (Wildman–Crippen LogP) is 2.68. The van der Waals surface area contributed by atoms with Gasteiger partial charge in [-0.05, 0) is 30.3 Å². The lowest BCUT2D eigenvalue weighted by Gasteiger charge is -2.09. The van der Waals surface area contributed by atoms with Crippen LogP contribution in [-0.2, 0) is 21.1 Å². The molecule has 0 saturated heterocycles. The third-order valence-corrected chi connectivity index (χ3v) is 5.84. The highest BCUT2D eigenvalue weighted by molar-refractivity contribution is 7.94. The minimum Gasteiger partial charge on any atom is -0.406 e. The lowest BCUT2D eigenvalue weighted by atomic mass is 10.2. The fourth-order valence-corrected chi connectivity index (χ4v) is 4.47. The van der Waals surface area contributed by atoms with Gasteiger partial charge in [0.1, 0.15) is 10.8 Å². The fraction of sp³-hybridized carbons (Fsp3) is 0.250. The SMILES string of the molecule is O=C(Cc1csc(-c2ccc(OC(F)(F)F)cc2)n1)NC1C=CS(=O)(=O)C1. The van der Waals surface area contributed by atoms with E-state index in [1.54, 1.807) is 5.38 Å². The van der Waals surface area contributed by atoms with Gasteiger partial charge in [-0.1, -0.05) is 0 Å². The van der Waals surface area contributed by atoms with Gasteiger partial charge in [-0.25, -0.2) is 13.4 Å². The van der Waals surface area contributed by atoms with Crippen molar-refractivity contribution in [2.24, 2.45) is 0 Å². The Bertz CT molecular complexity index is 966. The highest BCUT2D eigenvalue weighted by atomic mass is 32.2. The number of hydrogen-bond acceptors (Lipinski definition) is 6. The number of alkyl halides is 3. The topological polar surface area (TPSA) is 85.4 Å². The molecule has 1 atom stereocenters. The third kappa shape index (κ3) is 5.54. The molecule has 1 aromatic carbocycles. The molecule has 1 amide bonds. The van der Waals surface area contributed by atoms with Crippen molar-refractivity contribution in [1.29, 1.82) is 0 Å². The molecule has 1 aliphatic rings. The second-order valence-electron chi connectivity index (χ2n) is 5.73. The molecule has 1 N–H and O–H groups in total. The van der Waals surface area contributed by atoms with Crippen molar-refractivity contribution in [3.8, 4) is 16.3 Å². The molecular formula is C16H13F3N2O4S2. The van der Waals surface area contributed by atoms with Crippen molar-refractivity contribution >= 4 is 27.1 Å². The average molecular weight is 418 g/mol. The number of rotatable bonds is 5. The first-order valence-corrected chi connectivity index (χ1v) is 10.2. The summed E-state index contributed by atoms with van der Waals surface area (Å²) in [6.45, 7) is 0. The molecule has 0 saturated carbocycles. The molecule has 2 heterocycles. The highest BCUT2D eigenvalue weighted by Gasteiger charge is 2.31. The Kier molecular flexibility index (Phi) is 5.24. The largest absolute Gasteiger partial charge is 0.573 e. The number of thiazole rings is 1. The first kappa shape index (κ1) is 19.4. The van der Waals surface area contributed by atoms with E-state index in [2.05, 4.69) is 15.0 Å². The fourth-order valence-electron chi connectivity index (χ4n) is 2.41. The molecule has 3 rings (SSSR count). The molecule has 27 heavy (non-hydrogen) atoms. The van der Waals surface area contributed by atoms with Crippen LogP contribution in [0, 0.1) is 0 Å². The van der Waals surface area contributed by atoms with Crippen LogP contribution in [0.1, 0.15) is 5.69 Å². The molecule has 0 aliphatic carbocycles. The Labute approximate surface area is 156 Å². The van der Waals surface area contributed by atoms with Crippen molar-refractivity contribution in [1.82, 2.24) is 10.3 Å². The zero-order valence-electron chi connectivity index (χ0n) is 13.6. The summed E-state index contributed by atoms with van der Waals surface area (Å²) in [7, 11) is -3.25. The smallest absolute Gasteiger partial charge is 0.406 e. The monoisotopic (exact) mass is 418 g/mol. The standard InChI is InChI=1S/C16H13F3N2O4S2/c17-16(18,19)25-13-3-1-10(2-4-13)15-21-12(8-26-15)7-14(22)20-11-5-6-27(23,24)9-11/h1-6,8,11H,7,9H2,(H,20,22). The van der Waals surface area contributed by atoms with E-state index in [9.17, 15) is 26.4 Å². The zero-order chi connectivity index (χ0) is 19.7. The quantitative estimate of drug-likeness (QED) is 0.807. The van der Waals surface area contributed by atoms with Crippen molar-refractivity contribution in [3.05, 3.63) is 46.8 Å². The first-order chi connectivity index (χ1) is 12.6. The van der Waals surface area contributed by atoms with Crippen LogP contribution in [0.15, 0.2) is 41.1 Å². The normalized spacial score (nSPS) is 18.4. The molecule has 6 nitrogen and oxygen atoms in total. The van der Waals surface area contributed by atoms with Gasteiger partial charge in [0.25, 0.3) is 0 Å². The number of hydrogen-bond donors (Lipinski definition) is 1. The minimum absolute atomic E-state index is 0.0316. The van der Waals surface area contributed by atoms with E-state index in [0.717, 1.165) is 5.41 Å². The van der Waals surface area contributed by atoms with Crippen molar-refractivity contribution in [2.45, 2.75) is 18.8 Å². The van der Waals surface area contributed by atoms with Gasteiger partial charge in [-0.2, -0.15) is 0 Å². The Morgan fingerprint density at radius 3 is 2.59 bits per heavy atom. The molecule has 11 heteroatoms. The molecule has 0 fully saturated rings. The first-order valence-electron chi connectivity index (χ1n) is 7.60. The Hall–Kier alpha value is -2.40. The summed E-state index contributed by atoms with van der Waals surface area (Å²) in [4.78, 5) is 16.3. The summed E-state index contributed by atoms with van der Waals surface area (Å²) in [5.41, 5.74) is 1.07. The van der Waals surface area contributed by atoms with Gasteiger partial charge in [-0.15, -0.1) is 24.5 Å². The molecule has 2 aromatic rings. The average Bonchev–Trinajstić information content (AvgIpc) is 3.13. The van der Waals surface area contributed by atoms with Crippen LogP contribution in [0.3, 0.4) is 0 Å². The van der Waals surface area contributed by atoms with E-state index in [4.69, 9.17) is 0 Å². The van der Waals surface area contributed by atoms with Gasteiger partial charge in [0, 0.05) is 16.4 Å². The van der Waals surface area contributed by atoms with E-state index >= 15 is 0 Å². The number of halogens is 3. The van der Waals surface area contributed by atoms with E-state index in [1.165, 1.54) is 41.7 Å². The van der Waals surface area contributed by atoms with Crippen LogP contribution < -0.4 is 10.1 Å². The zero-order valence-corrected chi connectivity index (χ0v) is 15.2. The summed E-state index contributed by atoms with van der Waals surface area (Å²) in [6, 6.07) is 4.70. The van der Waals surface area contributed by atoms with Gasteiger partial charge in [-0.3, -0.25) is 4.79 Å². The van der Waals surface area contributed by atoms with Crippen molar-refractivity contribution in [3.63, 3.8) is 0 Å². The molecule has 144 valence electrons. The number of amides is 1. The molecule has 1 unspecified atom stereocenters. The molecule has 1 aromatic heterocycles. The maximum absolute atomic E-state index is 12.2. The maximum atomic E-state index is 12.2. The van der Waals surface area contributed by atoms with Gasteiger partial charge in [0.2, 0.25) is 5.91 Å². The number of benzene rings is 1. The van der Waals surface area contributed by atoms with Crippen LogP contribution in [0.2, 0.25) is 0 Å². The van der Waals surface area contributed by atoms with Gasteiger partial charge in [0.15, 0.2) is 9.84 Å². The molecular weight excluding hydrogens is 405 g/mol.